The molecule has 0 saturated heterocycles. The van der Waals surface area contributed by atoms with Gasteiger partial charge in [0.1, 0.15) is 11.5 Å². The number of benzene rings is 2. The lowest BCUT2D eigenvalue weighted by Crippen LogP contribution is -2.15. The van der Waals surface area contributed by atoms with Gasteiger partial charge < -0.3 is 4.98 Å². The summed E-state index contributed by atoms with van der Waals surface area (Å²) in [7, 11) is 0. The molecule has 5 heteroatoms. The zero-order valence-corrected chi connectivity index (χ0v) is 12.1. The van der Waals surface area contributed by atoms with Gasteiger partial charge in [0.25, 0.3) is 0 Å². The average Bonchev–Trinajstić information content (AvgIpc) is 2.82. The number of hydrazone groups is 1. The molecule has 1 aliphatic heterocycles. The highest BCUT2D eigenvalue weighted by Gasteiger charge is 2.21. The fourth-order valence-electron chi connectivity index (χ4n) is 2.72. The highest BCUT2D eigenvalue weighted by molar-refractivity contribution is 7.97. The lowest BCUT2D eigenvalue weighted by molar-refractivity contribution is 0.629. The van der Waals surface area contributed by atoms with Gasteiger partial charge in [-0.2, -0.15) is 5.10 Å². The van der Waals surface area contributed by atoms with E-state index in [1.165, 1.54) is 18.0 Å². The van der Waals surface area contributed by atoms with Crippen LogP contribution in [-0.4, -0.2) is 10.7 Å². The lowest BCUT2D eigenvalue weighted by atomic mass is 9.99. The summed E-state index contributed by atoms with van der Waals surface area (Å²) in [6, 6.07) is 12.9. The van der Waals surface area contributed by atoms with Crippen LogP contribution in [0.1, 0.15) is 16.8 Å². The molecule has 3 aromatic rings. The third-order valence-corrected chi connectivity index (χ3v) is 4.40. The predicted octanol–water partition coefficient (Wildman–Crippen LogP) is 3.98. The standard InChI is InChI=1S/C16H12FN3S/c1-9-15(12-8-10(17)6-7-13(12)18-9)16-11-4-2-3-5-14(11)21-20-19-16/h2-8,18,20H,1H3. The molecular weight excluding hydrogens is 285 g/mol. The molecule has 104 valence electrons. The molecule has 2 N–H and O–H groups in total. The first-order chi connectivity index (χ1) is 10.2. The van der Waals surface area contributed by atoms with Crippen molar-refractivity contribution in [1.82, 2.24) is 9.82 Å². The Labute approximate surface area is 125 Å². The van der Waals surface area contributed by atoms with Crippen LogP contribution in [0.2, 0.25) is 0 Å². The summed E-state index contributed by atoms with van der Waals surface area (Å²) in [5.74, 6) is -0.241. The Balaban J connectivity index is 2.01. The first-order valence-corrected chi connectivity index (χ1v) is 7.43. The highest BCUT2D eigenvalue weighted by atomic mass is 32.2. The van der Waals surface area contributed by atoms with Crippen molar-refractivity contribution >= 4 is 28.6 Å². The van der Waals surface area contributed by atoms with Gasteiger partial charge in [0.2, 0.25) is 0 Å². The smallest absolute Gasteiger partial charge is 0.123 e. The molecule has 1 aromatic heterocycles. The monoisotopic (exact) mass is 297 g/mol. The molecule has 0 radical (unpaired) electrons. The lowest BCUT2D eigenvalue weighted by Gasteiger charge is -2.16. The SMILES string of the molecule is Cc1[nH]c2ccc(F)cc2c1C1=NNSc2ccccc21. The van der Waals surface area contributed by atoms with Crippen LogP contribution in [0.4, 0.5) is 4.39 Å². The maximum Gasteiger partial charge on any atom is 0.123 e. The van der Waals surface area contributed by atoms with E-state index in [0.29, 0.717) is 0 Å². The second-order valence-electron chi connectivity index (χ2n) is 4.96. The first kappa shape index (κ1) is 12.5. The fourth-order valence-corrected chi connectivity index (χ4v) is 3.38. The van der Waals surface area contributed by atoms with Gasteiger partial charge in [0.05, 0.1) is 0 Å². The molecule has 2 heterocycles. The third kappa shape index (κ3) is 1.93. The number of hydrogen-bond acceptors (Lipinski definition) is 3. The predicted molar refractivity (Wildman–Crippen MR) is 84.1 cm³/mol. The first-order valence-electron chi connectivity index (χ1n) is 6.61. The normalized spacial score (nSPS) is 13.7. The van der Waals surface area contributed by atoms with Crippen molar-refractivity contribution < 1.29 is 4.39 Å². The summed E-state index contributed by atoms with van der Waals surface area (Å²) in [4.78, 5) is 7.40. The van der Waals surface area contributed by atoms with Gasteiger partial charge in [-0.1, -0.05) is 18.2 Å². The van der Waals surface area contributed by atoms with E-state index >= 15 is 0 Å². The van der Waals surface area contributed by atoms with Gasteiger partial charge in [-0.05, 0) is 31.2 Å². The van der Waals surface area contributed by atoms with Crippen LogP contribution in [-0.2, 0) is 0 Å². The topological polar surface area (TPSA) is 40.2 Å². The van der Waals surface area contributed by atoms with Crippen LogP contribution in [0, 0.1) is 12.7 Å². The second-order valence-corrected chi connectivity index (χ2v) is 5.79. The molecule has 0 bridgehead atoms. The average molecular weight is 297 g/mol. The van der Waals surface area contributed by atoms with Gasteiger partial charge >= 0.3 is 0 Å². The number of fused-ring (bicyclic) bond motifs is 2. The van der Waals surface area contributed by atoms with E-state index in [4.69, 9.17) is 0 Å². The van der Waals surface area contributed by atoms with Crippen molar-refractivity contribution in [2.45, 2.75) is 11.8 Å². The fraction of sp³-hybridized carbons (Fsp3) is 0.0625. The number of nitrogens with zero attached hydrogens (tertiary/aromatic N) is 1. The van der Waals surface area contributed by atoms with Gasteiger partial charge in [0, 0.05) is 44.6 Å². The Hall–Kier alpha value is -2.27. The Morgan fingerprint density at radius 2 is 2.00 bits per heavy atom. The minimum Gasteiger partial charge on any atom is -0.358 e. The molecule has 1 aliphatic rings. The van der Waals surface area contributed by atoms with Crippen molar-refractivity contribution in [2.24, 2.45) is 5.10 Å². The van der Waals surface area contributed by atoms with Crippen molar-refractivity contribution in [2.75, 3.05) is 0 Å². The molecule has 4 rings (SSSR count). The summed E-state index contributed by atoms with van der Waals surface area (Å²) in [5, 5.41) is 5.30. The molecule has 0 amide bonds. The van der Waals surface area contributed by atoms with Crippen LogP contribution >= 0.6 is 11.9 Å². The number of halogens is 1. The Morgan fingerprint density at radius 1 is 1.14 bits per heavy atom. The van der Waals surface area contributed by atoms with Crippen LogP contribution in [0.25, 0.3) is 10.9 Å². The second kappa shape index (κ2) is 4.63. The minimum atomic E-state index is -0.241. The number of aromatic amines is 1. The molecule has 0 spiro atoms. The van der Waals surface area contributed by atoms with E-state index in [2.05, 4.69) is 14.9 Å². The van der Waals surface area contributed by atoms with E-state index < -0.39 is 0 Å². The van der Waals surface area contributed by atoms with Crippen molar-refractivity contribution in [3.63, 3.8) is 0 Å². The highest BCUT2D eigenvalue weighted by Crippen LogP contribution is 2.31. The molecule has 2 aromatic carbocycles. The van der Waals surface area contributed by atoms with Crippen molar-refractivity contribution in [3.8, 4) is 0 Å². The number of aryl methyl sites for hydroxylation is 1. The Morgan fingerprint density at radius 3 is 2.90 bits per heavy atom. The van der Waals surface area contributed by atoms with Crippen LogP contribution in [0.3, 0.4) is 0 Å². The number of nitrogens with one attached hydrogen (secondary N) is 2. The summed E-state index contributed by atoms with van der Waals surface area (Å²) in [5.41, 5.74) is 4.76. The maximum absolute atomic E-state index is 13.6. The maximum atomic E-state index is 13.6. The number of rotatable bonds is 1. The summed E-state index contributed by atoms with van der Waals surface area (Å²) >= 11 is 1.48. The molecule has 21 heavy (non-hydrogen) atoms. The quantitative estimate of drug-likeness (QED) is 0.667. The molecule has 0 fully saturated rings. The van der Waals surface area contributed by atoms with Crippen LogP contribution < -0.4 is 4.83 Å². The summed E-state index contributed by atoms with van der Waals surface area (Å²) < 4.78 is 13.6. The number of H-pyrrole nitrogens is 1. The van der Waals surface area contributed by atoms with Gasteiger partial charge in [0.15, 0.2) is 0 Å². The van der Waals surface area contributed by atoms with E-state index in [1.54, 1.807) is 12.1 Å². The molecular formula is C16H12FN3S. The van der Waals surface area contributed by atoms with E-state index in [1.807, 2.05) is 31.2 Å². The minimum absolute atomic E-state index is 0.241. The van der Waals surface area contributed by atoms with Crippen LogP contribution in [0.5, 0.6) is 0 Å². The zero-order chi connectivity index (χ0) is 14.4. The number of aromatic nitrogens is 1. The Kier molecular flexibility index (Phi) is 2.75. The third-order valence-electron chi connectivity index (χ3n) is 3.64. The number of hydrogen-bond donors (Lipinski definition) is 2. The summed E-state index contributed by atoms with van der Waals surface area (Å²) in [6.45, 7) is 1.99. The van der Waals surface area contributed by atoms with Crippen molar-refractivity contribution in [3.05, 3.63) is 65.1 Å². The largest absolute Gasteiger partial charge is 0.358 e. The molecule has 0 saturated carbocycles. The van der Waals surface area contributed by atoms with E-state index in [0.717, 1.165) is 38.3 Å². The molecule has 3 nitrogen and oxygen atoms in total. The zero-order valence-electron chi connectivity index (χ0n) is 11.3. The van der Waals surface area contributed by atoms with Gasteiger partial charge in [-0.15, -0.1) is 0 Å². The molecule has 0 atom stereocenters. The van der Waals surface area contributed by atoms with E-state index in [9.17, 15) is 4.39 Å². The van der Waals surface area contributed by atoms with Gasteiger partial charge in [-0.25, -0.2) is 9.22 Å². The van der Waals surface area contributed by atoms with Crippen LogP contribution in [0.15, 0.2) is 52.5 Å². The van der Waals surface area contributed by atoms with E-state index in [-0.39, 0.29) is 5.82 Å². The molecule has 0 aliphatic carbocycles. The van der Waals surface area contributed by atoms with Gasteiger partial charge in [-0.3, -0.25) is 0 Å². The summed E-state index contributed by atoms with van der Waals surface area (Å²) in [6.07, 6.45) is 0. The van der Waals surface area contributed by atoms with Crippen molar-refractivity contribution in [1.29, 1.82) is 0 Å². The Bertz CT molecular complexity index is 882. The molecule has 0 unspecified atom stereocenters.